The summed E-state index contributed by atoms with van der Waals surface area (Å²) in [6.07, 6.45) is 0.728. The number of aliphatic hydroxyl groups excluding tert-OH is 1. The van der Waals surface area contributed by atoms with Crippen LogP contribution in [0.5, 0.6) is 5.75 Å². The van der Waals surface area contributed by atoms with Crippen molar-refractivity contribution in [2.24, 2.45) is 0 Å². The average Bonchev–Trinajstić information content (AvgIpc) is 2.94. The molecule has 2 aromatic rings. The summed E-state index contributed by atoms with van der Waals surface area (Å²) in [5, 5.41) is 22.5. The van der Waals surface area contributed by atoms with Crippen molar-refractivity contribution >= 4 is 22.4 Å². The average molecular weight is 479 g/mol. The van der Waals surface area contributed by atoms with Gasteiger partial charge in [-0.2, -0.15) is 0 Å². The summed E-state index contributed by atoms with van der Waals surface area (Å²) in [6.45, 7) is 3.84. The molecule has 2 N–H and O–H groups in total. The van der Waals surface area contributed by atoms with Crippen molar-refractivity contribution in [2.45, 2.75) is 36.0 Å². The van der Waals surface area contributed by atoms with Crippen LogP contribution in [-0.4, -0.2) is 75.9 Å². The van der Waals surface area contributed by atoms with Crippen molar-refractivity contribution in [3.05, 3.63) is 58.6 Å². The molecule has 6 nitrogen and oxygen atoms in total. The smallest absolute Gasteiger partial charge is 0.119 e. The zero-order chi connectivity index (χ0) is 22.7. The van der Waals surface area contributed by atoms with Crippen LogP contribution in [0.1, 0.15) is 24.0 Å². The van der Waals surface area contributed by atoms with E-state index in [1.54, 1.807) is 7.11 Å². The van der Waals surface area contributed by atoms with E-state index in [0.717, 1.165) is 34.9 Å². The van der Waals surface area contributed by atoms with Crippen molar-refractivity contribution in [2.75, 3.05) is 45.6 Å². The number of rotatable bonds is 6. The number of β-amino-alcohol motifs (C(OH)–C–C–N with tert-alkyl or cyclic N) is 1. The van der Waals surface area contributed by atoms with Crippen molar-refractivity contribution in [3.8, 4) is 5.75 Å². The van der Waals surface area contributed by atoms with Crippen LogP contribution in [0.15, 0.2) is 47.4 Å². The van der Waals surface area contributed by atoms with Crippen LogP contribution in [0.4, 0.5) is 0 Å². The molecule has 2 aromatic carbocycles. The lowest BCUT2D eigenvalue weighted by molar-refractivity contribution is -0.0365. The number of likely N-dealkylation sites (tertiary alicyclic amines) is 1. The number of nitrogens with zero attached hydrogens (tertiary/aromatic N) is 2. The molecule has 32 heavy (non-hydrogen) atoms. The normalized spacial score (nSPS) is 22.7. The molecular formula is C24H31ClN2O4S. The fourth-order valence-electron chi connectivity index (χ4n) is 4.63. The van der Waals surface area contributed by atoms with Gasteiger partial charge < -0.3 is 19.8 Å². The molecule has 0 radical (unpaired) electrons. The van der Waals surface area contributed by atoms with Gasteiger partial charge in [0, 0.05) is 54.9 Å². The molecule has 0 aromatic heterocycles. The first kappa shape index (κ1) is 23.7. The SMILES string of the molecule is COc1ccc2c(c1)CN(CC(O)CN1CCC(O)(c3ccc(Cl)cc3)CC1)CCS2=O. The number of aliphatic hydroxyl groups is 2. The Morgan fingerprint density at radius 1 is 1.09 bits per heavy atom. The lowest BCUT2D eigenvalue weighted by Crippen LogP contribution is -2.47. The maximum absolute atomic E-state index is 12.6. The van der Waals surface area contributed by atoms with Gasteiger partial charge in [0.25, 0.3) is 0 Å². The van der Waals surface area contributed by atoms with E-state index >= 15 is 0 Å². The summed E-state index contributed by atoms with van der Waals surface area (Å²) in [5.41, 5.74) is 1.05. The van der Waals surface area contributed by atoms with E-state index in [9.17, 15) is 14.4 Å². The maximum Gasteiger partial charge on any atom is 0.119 e. The standard InChI is InChI=1S/C24H31ClN2O4S/c1-31-22-6-7-23-18(14-22)15-27(12-13-32(23)30)17-21(28)16-26-10-8-24(29,9-11-26)19-2-4-20(25)5-3-19/h2-7,14,21,28-29H,8-13,15-17H2,1H3. The Morgan fingerprint density at radius 3 is 2.47 bits per heavy atom. The van der Waals surface area contributed by atoms with Crippen LogP contribution < -0.4 is 4.74 Å². The number of piperidine rings is 1. The molecule has 0 spiro atoms. The molecule has 2 atom stereocenters. The van der Waals surface area contributed by atoms with Gasteiger partial charge in [0.2, 0.25) is 0 Å². The molecule has 174 valence electrons. The molecule has 1 saturated heterocycles. The molecule has 1 fully saturated rings. The lowest BCUT2D eigenvalue weighted by atomic mass is 9.84. The second-order valence-electron chi connectivity index (χ2n) is 8.75. The summed E-state index contributed by atoms with van der Waals surface area (Å²) in [7, 11) is 0.590. The third-order valence-electron chi connectivity index (χ3n) is 6.50. The van der Waals surface area contributed by atoms with Crippen LogP contribution in [0.3, 0.4) is 0 Å². The first-order valence-electron chi connectivity index (χ1n) is 11.0. The van der Waals surface area contributed by atoms with Gasteiger partial charge in [0.05, 0.1) is 29.6 Å². The second-order valence-corrected chi connectivity index (χ2v) is 10.7. The molecule has 0 amide bonds. The Morgan fingerprint density at radius 2 is 1.78 bits per heavy atom. The Labute approximate surface area is 197 Å². The molecule has 2 aliphatic heterocycles. The highest BCUT2D eigenvalue weighted by atomic mass is 35.5. The molecule has 2 unspecified atom stereocenters. The predicted molar refractivity (Wildman–Crippen MR) is 127 cm³/mol. The van der Waals surface area contributed by atoms with Gasteiger partial charge >= 0.3 is 0 Å². The molecule has 0 saturated carbocycles. The highest BCUT2D eigenvalue weighted by molar-refractivity contribution is 7.85. The summed E-state index contributed by atoms with van der Waals surface area (Å²) in [5.74, 6) is 1.31. The molecule has 2 heterocycles. The van der Waals surface area contributed by atoms with E-state index in [1.165, 1.54) is 0 Å². The van der Waals surface area contributed by atoms with E-state index in [4.69, 9.17) is 16.3 Å². The topological polar surface area (TPSA) is 73.2 Å². The second kappa shape index (κ2) is 10.2. The number of fused-ring (bicyclic) bond motifs is 1. The summed E-state index contributed by atoms with van der Waals surface area (Å²) < 4.78 is 17.9. The minimum absolute atomic E-state index is 0.516. The van der Waals surface area contributed by atoms with Crippen molar-refractivity contribution in [1.29, 1.82) is 0 Å². The van der Waals surface area contributed by atoms with E-state index in [2.05, 4.69) is 9.80 Å². The van der Waals surface area contributed by atoms with Gasteiger partial charge in [-0.3, -0.25) is 9.11 Å². The monoisotopic (exact) mass is 478 g/mol. The lowest BCUT2D eigenvalue weighted by Gasteiger charge is -2.39. The molecule has 0 bridgehead atoms. The maximum atomic E-state index is 12.6. The highest BCUT2D eigenvalue weighted by Crippen LogP contribution is 2.33. The van der Waals surface area contributed by atoms with Gasteiger partial charge in [0.1, 0.15) is 5.75 Å². The minimum Gasteiger partial charge on any atom is -0.497 e. The summed E-state index contributed by atoms with van der Waals surface area (Å²) in [4.78, 5) is 5.24. The molecular weight excluding hydrogens is 448 g/mol. The van der Waals surface area contributed by atoms with Gasteiger partial charge in [-0.05, 0) is 54.3 Å². The van der Waals surface area contributed by atoms with Crippen LogP contribution in [0.2, 0.25) is 5.02 Å². The minimum atomic E-state index is -1.04. The van der Waals surface area contributed by atoms with Crippen molar-refractivity contribution in [3.63, 3.8) is 0 Å². The third kappa shape index (κ3) is 5.53. The van der Waals surface area contributed by atoms with Crippen LogP contribution in [-0.2, 0) is 22.9 Å². The number of ether oxygens (including phenoxy) is 1. The van der Waals surface area contributed by atoms with Gasteiger partial charge in [-0.25, -0.2) is 0 Å². The number of halogens is 1. The number of hydrogen-bond donors (Lipinski definition) is 2. The van der Waals surface area contributed by atoms with Crippen LogP contribution in [0, 0.1) is 0 Å². The van der Waals surface area contributed by atoms with Gasteiger partial charge in [-0.15, -0.1) is 0 Å². The quantitative estimate of drug-likeness (QED) is 0.665. The molecule has 2 aliphatic rings. The molecule has 0 aliphatic carbocycles. The number of benzene rings is 2. The van der Waals surface area contributed by atoms with Crippen LogP contribution >= 0.6 is 11.6 Å². The Kier molecular flexibility index (Phi) is 7.54. The van der Waals surface area contributed by atoms with Crippen LogP contribution in [0.25, 0.3) is 0 Å². The predicted octanol–water partition coefficient (Wildman–Crippen LogP) is 2.62. The fraction of sp³-hybridized carbons (Fsp3) is 0.500. The van der Waals surface area contributed by atoms with Gasteiger partial charge in [-0.1, -0.05) is 23.7 Å². The number of methoxy groups -OCH3 is 1. The third-order valence-corrected chi connectivity index (χ3v) is 8.20. The van der Waals surface area contributed by atoms with E-state index < -0.39 is 22.5 Å². The Bertz CT molecular complexity index is 948. The number of hydrogen-bond acceptors (Lipinski definition) is 6. The largest absolute Gasteiger partial charge is 0.497 e. The molecule has 4 rings (SSSR count). The zero-order valence-corrected chi connectivity index (χ0v) is 19.9. The zero-order valence-electron chi connectivity index (χ0n) is 18.4. The van der Waals surface area contributed by atoms with Crippen molar-refractivity contribution < 1.29 is 19.2 Å². The van der Waals surface area contributed by atoms with E-state index in [-0.39, 0.29) is 0 Å². The summed E-state index contributed by atoms with van der Waals surface area (Å²) >= 11 is 5.97. The van der Waals surface area contributed by atoms with Crippen molar-refractivity contribution in [1.82, 2.24) is 9.80 Å². The van der Waals surface area contributed by atoms with E-state index in [1.807, 2.05) is 42.5 Å². The Hall–Kier alpha value is -1.48. The first-order valence-corrected chi connectivity index (χ1v) is 12.7. The Balaban J connectivity index is 1.31. The first-order chi connectivity index (χ1) is 15.4. The fourth-order valence-corrected chi connectivity index (χ4v) is 6.04. The van der Waals surface area contributed by atoms with E-state index in [0.29, 0.717) is 49.8 Å². The molecule has 8 heteroatoms. The highest BCUT2D eigenvalue weighted by Gasteiger charge is 2.34. The van der Waals surface area contributed by atoms with Gasteiger partial charge in [0.15, 0.2) is 0 Å². The summed E-state index contributed by atoms with van der Waals surface area (Å²) in [6, 6.07) is 13.1.